The highest BCUT2D eigenvalue weighted by atomic mass is 16.5. The molecule has 0 bridgehead atoms. The first-order valence-corrected chi connectivity index (χ1v) is 9.99. The Hall–Kier alpha value is -1.65. The van der Waals surface area contributed by atoms with Crippen LogP contribution in [0.15, 0.2) is 16.8 Å². The first kappa shape index (κ1) is 17.7. The molecule has 142 valence electrons. The molecule has 26 heavy (non-hydrogen) atoms. The minimum Gasteiger partial charge on any atom is -0.462 e. The third kappa shape index (κ3) is 2.46. The van der Waals surface area contributed by atoms with Crippen LogP contribution in [0, 0.1) is 28.6 Å². The van der Waals surface area contributed by atoms with Gasteiger partial charge in [0.15, 0.2) is 0 Å². The van der Waals surface area contributed by atoms with E-state index in [1.165, 1.54) is 12.5 Å². The minimum atomic E-state index is -0.235. The number of esters is 1. The molecule has 0 amide bonds. The highest BCUT2D eigenvalue weighted by molar-refractivity contribution is 5.87. The maximum absolute atomic E-state index is 12.5. The molecule has 3 saturated carbocycles. The van der Waals surface area contributed by atoms with Gasteiger partial charge in [0, 0.05) is 30.6 Å². The van der Waals surface area contributed by atoms with Gasteiger partial charge in [-0.15, -0.1) is 5.16 Å². The standard InChI is InChI=1S/C21H29NO4/c1-13(23)26-15-7-10-21(12-22-25)14(11-15)3-4-16-17-5-6-19(24)20(17,2)9-8-18(16)21/h3,12,15-18,25H,4-11H2,1-2H3/b22-12+. The van der Waals surface area contributed by atoms with Gasteiger partial charge in [0.1, 0.15) is 11.9 Å². The van der Waals surface area contributed by atoms with Gasteiger partial charge in [-0.2, -0.15) is 0 Å². The fourth-order valence-corrected chi connectivity index (χ4v) is 6.78. The number of carbonyl (C=O) groups is 2. The van der Waals surface area contributed by atoms with Crippen molar-refractivity contribution in [3.63, 3.8) is 0 Å². The van der Waals surface area contributed by atoms with Gasteiger partial charge < -0.3 is 9.94 Å². The molecule has 6 atom stereocenters. The van der Waals surface area contributed by atoms with E-state index in [0.29, 0.717) is 23.5 Å². The summed E-state index contributed by atoms with van der Waals surface area (Å²) in [5, 5.41) is 12.9. The summed E-state index contributed by atoms with van der Waals surface area (Å²) in [4.78, 5) is 23.9. The lowest BCUT2D eigenvalue weighted by atomic mass is 9.48. The molecule has 0 radical (unpaired) electrons. The van der Waals surface area contributed by atoms with Gasteiger partial charge >= 0.3 is 5.97 Å². The van der Waals surface area contributed by atoms with Crippen molar-refractivity contribution >= 4 is 18.0 Å². The van der Waals surface area contributed by atoms with Gasteiger partial charge in [-0.3, -0.25) is 9.59 Å². The summed E-state index contributed by atoms with van der Waals surface area (Å²) in [6.45, 7) is 3.63. The van der Waals surface area contributed by atoms with E-state index in [2.05, 4.69) is 18.2 Å². The highest BCUT2D eigenvalue weighted by Gasteiger charge is 2.59. The fourth-order valence-electron chi connectivity index (χ4n) is 6.78. The Morgan fingerprint density at radius 1 is 1.31 bits per heavy atom. The van der Waals surface area contributed by atoms with E-state index in [-0.39, 0.29) is 22.9 Å². The molecule has 0 aliphatic heterocycles. The van der Waals surface area contributed by atoms with Gasteiger partial charge in [0.2, 0.25) is 0 Å². The molecule has 0 aromatic carbocycles. The van der Waals surface area contributed by atoms with Crippen molar-refractivity contribution in [1.82, 2.24) is 0 Å². The zero-order chi connectivity index (χ0) is 18.5. The van der Waals surface area contributed by atoms with E-state index in [4.69, 9.17) is 4.74 Å². The third-order valence-electron chi connectivity index (χ3n) is 7.99. The molecule has 0 heterocycles. The van der Waals surface area contributed by atoms with Crippen LogP contribution in [0.5, 0.6) is 0 Å². The predicted molar refractivity (Wildman–Crippen MR) is 96.9 cm³/mol. The number of hydrogen-bond acceptors (Lipinski definition) is 5. The van der Waals surface area contributed by atoms with Crippen LogP contribution in [0.2, 0.25) is 0 Å². The van der Waals surface area contributed by atoms with Crippen molar-refractivity contribution in [2.24, 2.45) is 33.7 Å². The summed E-state index contributed by atoms with van der Waals surface area (Å²) >= 11 is 0. The average molecular weight is 359 g/mol. The summed E-state index contributed by atoms with van der Waals surface area (Å²) in [5.41, 5.74) is 0.877. The van der Waals surface area contributed by atoms with Crippen molar-refractivity contribution < 1.29 is 19.5 Å². The molecule has 4 aliphatic rings. The zero-order valence-electron chi connectivity index (χ0n) is 15.7. The first-order chi connectivity index (χ1) is 12.4. The molecular formula is C21H29NO4. The van der Waals surface area contributed by atoms with E-state index in [0.717, 1.165) is 51.4 Å². The number of hydrogen-bond donors (Lipinski definition) is 1. The van der Waals surface area contributed by atoms with Crippen LogP contribution in [0.25, 0.3) is 0 Å². The molecular weight excluding hydrogens is 330 g/mol. The van der Waals surface area contributed by atoms with Gasteiger partial charge in [-0.05, 0) is 56.3 Å². The Morgan fingerprint density at radius 3 is 2.85 bits per heavy atom. The lowest BCUT2D eigenvalue weighted by molar-refractivity contribution is -0.148. The number of oxime groups is 1. The van der Waals surface area contributed by atoms with Gasteiger partial charge in [-0.25, -0.2) is 0 Å². The molecule has 0 aromatic heterocycles. The molecule has 5 nitrogen and oxygen atoms in total. The van der Waals surface area contributed by atoms with Crippen molar-refractivity contribution in [3.05, 3.63) is 11.6 Å². The monoisotopic (exact) mass is 359 g/mol. The second kappa shape index (κ2) is 6.21. The topological polar surface area (TPSA) is 76.0 Å². The molecule has 0 aromatic rings. The summed E-state index contributed by atoms with van der Waals surface area (Å²) < 4.78 is 5.47. The molecule has 4 aliphatic carbocycles. The zero-order valence-corrected chi connectivity index (χ0v) is 15.7. The second-order valence-electron chi connectivity index (χ2n) is 9.02. The molecule has 3 fully saturated rings. The molecule has 4 rings (SSSR count). The van der Waals surface area contributed by atoms with Gasteiger partial charge in [0.05, 0.1) is 6.21 Å². The van der Waals surface area contributed by atoms with Gasteiger partial charge in [-0.1, -0.05) is 18.6 Å². The Balaban J connectivity index is 1.67. The van der Waals surface area contributed by atoms with Crippen molar-refractivity contribution in [3.8, 4) is 0 Å². The van der Waals surface area contributed by atoms with Crippen LogP contribution in [0.4, 0.5) is 0 Å². The molecule has 0 saturated heterocycles. The minimum absolute atomic E-state index is 0.0718. The van der Waals surface area contributed by atoms with Crippen LogP contribution < -0.4 is 0 Å². The number of carbonyl (C=O) groups excluding carboxylic acids is 2. The van der Waals surface area contributed by atoms with E-state index in [1.54, 1.807) is 6.21 Å². The number of ether oxygens (including phenoxy) is 1. The third-order valence-corrected chi connectivity index (χ3v) is 7.99. The van der Waals surface area contributed by atoms with Crippen LogP contribution >= 0.6 is 0 Å². The molecule has 6 unspecified atom stereocenters. The van der Waals surface area contributed by atoms with E-state index in [1.807, 2.05) is 0 Å². The first-order valence-electron chi connectivity index (χ1n) is 9.99. The summed E-state index contributed by atoms with van der Waals surface area (Å²) in [7, 11) is 0. The predicted octanol–water partition coefficient (Wildman–Crippen LogP) is 3.89. The van der Waals surface area contributed by atoms with E-state index < -0.39 is 0 Å². The van der Waals surface area contributed by atoms with Gasteiger partial charge in [0.25, 0.3) is 0 Å². The van der Waals surface area contributed by atoms with Crippen molar-refractivity contribution in [1.29, 1.82) is 0 Å². The summed E-state index contributed by atoms with van der Waals surface area (Å²) in [6.07, 6.45) is 11.0. The van der Waals surface area contributed by atoms with Crippen LogP contribution in [-0.2, 0) is 14.3 Å². The number of nitrogens with zero attached hydrogens (tertiary/aromatic N) is 1. The normalized spacial score (nSPS) is 44.8. The SMILES string of the molecule is CC(=O)OC1CCC2(/C=N/O)C(=CCC3C4CCC(=O)C4(C)CCC32)C1. The number of allylic oxidation sites excluding steroid dienone is 1. The van der Waals surface area contributed by atoms with E-state index in [9.17, 15) is 14.8 Å². The number of ketones is 1. The Bertz CT molecular complexity index is 683. The number of fused-ring (bicyclic) bond motifs is 5. The largest absolute Gasteiger partial charge is 0.462 e. The van der Waals surface area contributed by atoms with Crippen LogP contribution in [-0.4, -0.2) is 29.3 Å². The second-order valence-corrected chi connectivity index (χ2v) is 9.02. The van der Waals surface area contributed by atoms with Crippen molar-refractivity contribution in [2.45, 2.75) is 71.3 Å². The molecule has 0 spiro atoms. The Morgan fingerprint density at radius 2 is 2.12 bits per heavy atom. The Labute approximate surface area is 154 Å². The number of rotatable bonds is 2. The number of Topliss-reactive ketones (excluding diaryl/α,β-unsaturated/α-hetero) is 1. The van der Waals surface area contributed by atoms with Crippen LogP contribution in [0.3, 0.4) is 0 Å². The fraction of sp³-hybridized carbons (Fsp3) is 0.762. The lowest BCUT2D eigenvalue weighted by Crippen LogP contribution is -2.52. The maximum atomic E-state index is 12.5. The van der Waals surface area contributed by atoms with Crippen LogP contribution in [0.1, 0.15) is 65.2 Å². The smallest absolute Gasteiger partial charge is 0.302 e. The average Bonchev–Trinajstić information content (AvgIpc) is 2.90. The lowest BCUT2D eigenvalue weighted by Gasteiger charge is -2.56. The summed E-state index contributed by atoms with van der Waals surface area (Å²) in [5.74, 6) is 1.55. The maximum Gasteiger partial charge on any atom is 0.302 e. The van der Waals surface area contributed by atoms with Crippen molar-refractivity contribution in [2.75, 3.05) is 0 Å². The molecule has 5 heteroatoms. The Kier molecular flexibility index (Phi) is 4.24. The van der Waals surface area contributed by atoms with E-state index >= 15 is 0 Å². The quantitative estimate of drug-likeness (QED) is 0.267. The summed E-state index contributed by atoms with van der Waals surface area (Å²) in [6, 6.07) is 0. The highest BCUT2D eigenvalue weighted by Crippen LogP contribution is 2.63. The molecule has 1 N–H and O–H groups in total.